The van der Waals surface area contributed by atoms with Gasteiger partial charge in [-0.15, -0.1) is 0 Å². The monoisotopic (exact) mass is 365 g/mol. The maximum atomic E-state index is 13.2. The molecule has 1 aliphatic heterocycles. The summed E-state index contributed by atoms with van der Waals surface area (Å²) in [7, 11) is 2.02. The summed E-state index contributed by atoms with van der Waals surface area (Å²) in [5, 5.41) is 1.19. The molecule has 6 heteroatoms. The van der Waals surface area contributed by atoms with Gasteiger partial charge in [0.15, 0.2) is 0 Å². The first-order chi connectivity index (χ1) is 13.0. The van der Waals surface area contributed by atoms with Gasteiger partial charge in [0, 0.05) is 56.5 Å². The van der Waals surface area contributed by atoms with E-state index in [0.717, 1.165) is 55.3 Å². The van der Waals surface area contributed by atoms with Crippen molar-refractivity contribution < 1.29 is 4.79 Å². The number of imidazole rings is 1. The van der Waals surface area contributed by atoms with E-state index >= 15 is 0 Å². The van der Waals surface area contributed by atoms with Crippen molar-refractivity contribution in [3.05, 3.63) is 52.7 Å². The number of rotatable bonds is 3. The number of aryl methyl sites for hydroxylation is 4. The van der Waals surface area contributed by atoms with Crippen LogP contribution in [0.1, 0.15) is 33.0 Å². The summed E-state index contributed by atoms with van der Waals surface area (Å²) < 4.78 is 2.05. The third-order valence-corrected chi connectivity index (χ3v) is 5.78. The topological polar surface area (TPSA) is 57.2 Å². The minimum Gasteiger partial charge on any atom is -0.350 e. The summed E-state index contributed by atoms with van der Waals surface area (Å²) in [5.41, 5.74) is 5.27. The Hall–Kier alpha value is -2.60. The van der Waals surface area contributed by atoms with Gasteiger partial charge >= 0.3 is 0 Å². The minimum atomic E-state index is 0.110. The third-order valence-electron chi connectivity index (χ3n) is 5.78. The number of carbonyl (C=O) groups is 1. The Labute approximate surface area is 159 Å². The van der Waals surface area contributed by atoms with Gasteiger partial charge in [-0.1, -0.05) is 12.1 Å². The maximum absolute atomic E-state index is 13.2. The van der Waals surface area contributed by atoms with E-state index in [1.165, 1.54) is 16.5 Å². The molecule has 27 heavy (non-hydrogen) atoms. The molecule has 0 radical (unpaired) electrons. The average Bonchev–Trinajstić information content (AvgIpc) is 3.22. The van der Waals surface area contributed by atoms with Crippen LogP contribution in [0.25, 0.3) is 10.9 Å². The van der Waals surface area contributed by atoms with Gasteiger partial charge < -0.3 is 14.5 Å². The molecule has 0 unspecified atom stereocenters. The molecule has 142 valence electrons. The third kappa shape index (κ3) is 3.14. The molecule has 1 saturated heterocycles. The number of nitrogens with zero attached hydrogens (tertiary/aromatic N) is 4. The normalized spacial score (nSPS) is 15.6. The molecule has 1 fully saturated rings. The predicted octanol–water partition coefficient (Wildman–Crippen LogP) is 2.78. The van der Waals surface area contributed by atoms with Crippen LogP contribution < -0.4 is 0 Å². The van der Waals surface area contributed by atoms with Gasteiger partial charge in [0.25, 0.3) is 5.91 Å². The molecule has 0 atom stereocenters. The van der Waals surface area contributed by atoms with Crippen LogP contribution in [0.4, 0.5) is 0 Å². The second-order valence-corrected chi connectivity index (χ2v) is 7.60. The molecule has 0 saturated carbocycles. The van der Waals surface area contributed by atoms with Gasteiger partial charge in [-0.05, 0) is 37.5 Å². The van der Waals surface area contributed by atoms with Gasteiger partial charge in [-0.25, -0.2) is 4.98 Å². The highest BCUT2D eigenvalue weighted by molar-refractivity contribution is 6.02. The lowest BCUT2D eigenvalue weighted by Gasteiger charge is -2.34. The van der Waals surface area contributed by atoms with E-state index in [-0.39, 0.29) is 5.91 Å². The number of aromatic amines is 1. The van der Waals surface area contributed by atoms with Crippen LogP contribution in [0.15, 0.2) is 24.5 Å². The zero-order valence-electron chi connectivity index (χ0n) is 16.5. The second kappa shape index (κ2) is 6.85. The van der Waals surface area contributed by atoms with Crippen molar-refractivity contribution in [3.8, 4) is 0 Å². The molecule has 0 aliphatic carbocycles. The molecule has 1 aromatic carbocycles. The Bertz CT molecular complexity index is 992. The van der Waals surface area contributed by atoms with Crippen molar-refractivity contribution in [3.63, 3.8) is 0 Å². The van der Waals surface area contributed by atoms with Crippen LogP contribution in [-0.2, 0) is 13.6 Å². The van der Waals surface area contributed by atoms with Crippen molar-refractivity contribution in [2.75, 3.05) is 26.2 Å². The lowest BCUT2D eigenvalue weighted by Crippen LogP contribution is -2.48. The lowest BCUT2D eigenvalue weighted by molar-refractivity contribution is 0.0619. The van der Waals surface area contributed by atoms with E-state index < -0.39 is 0 Å². The van der Waals surface area contributed by atoms with E-state index in [9.17, 15) is 4.79 Å². The van der Waals surface area contributed by atoms with E-state index in [2.05, 4.69) is 52.3 Å². The summed E-state index contributed by atoms with van der Waals surface area (Å²) in [4.78, 5) is 25.3. The van der Waals surface area contributed by atoms with Gasteiger partial charge in [-0.2, -0.15) is 0 Å². The molecule has 3 aromatic rings. The molecule has 1 N–H and O–H groups in total. The van der Waals surface area contributed by atoms with Gasteiger partial charge in [0.1, 0.15) is 11.5 Å². The number of hydrogen-bond acceptors (Lipinski definition) is 3. The van der Waals surface area contributed by atoms with Crippen molar-refractivity contribution >= 4 is 16.8 Å². The summed E-state index contributed by atoms with van der Waals surface area (Å²) in [6.07, 6.45) is 3.80. The minimum absolute atomic E-state index is 0.110. The summed E-state index contributed by atoms with van der Waals surface area (Å²) >= 11 is 0. The number of amides is 1. The summed E-state index contributed by atoms with van der Waals surface area (Å²) in [6, 6.07) is 4.24. The molecule has 0 spiro atoms. The Morgan fingerprint density at radius 3 is 2.44 bits per heavy atom. The van der Waals surface area contributed by atoms with Crippen LogP contribution in [0, 0.1) is 20.8 Å². The van der Waals surface area contributed by atoms with Gasteiger partial charge in [0.05, 0.1) is 6.54 Å². The Morgan fingerprint density at radius 2 is 1.81 bits per heavy atom. The fraction of sp³-hybridized carbons (Fsp3) is 0.429. The van der Waals surface area contributed by atoms with Gasteiger partial charge in [0.2, 0.25) is 0 Å². The predicted molar refractivity (Wildman–Crippen MR) is 107 cm³/mol. The molecule has 1 aliphatic rings. The fourth-order valence-electron chi connectivity index (χ4n) is 4.03. The maximum Gasteiger partial charge on any atom is 0.270 e. The number of nitrogens with one attached hydrogen (secondary N) is 1. The van der Waals surface area contributed by atoms with E-state index in [1.807, 2.05) is 24.3 Å². The molecule has 1 amide bonds. The van der Waals surface area contributed by atoms with E-state index in [1.54, 1.807) is 0 Å². The Kier molecular flexibility index (Phi) is 4.52. The SMILES string of the molecule is Cc1ccc(C)c2c(C)c(C(=O)N3CCN(Cc4nccn4C)CC3)[nH]c12. The van der Waals surface area contributed by atoms with Crippen molar-refractivity contribution in [2.45, 2.75) is 27.3 Å². The Balaban J connectivity index is 1.49. The lowest BCUT2D eigenvalue weighted by atomic mass is 10.0. The van der Waals surface area contributed by atoms with Crippen molar-refractivity contribution in [1.82, 2.24) is 24.3 Å². The standard InChI is InChI=1S/C21H27N5O/c1-14-5-6-15(2)19-18(14)16(3)20(23-19)21(27)26-11-9-25(10-12-26)13-17-22-7-8-24(17)4/h5-8,23H,9-13H2,1-4H3. The van der Waals surface area contributed by atoms with Crippen molar-refractivity contribution in [1.29, 1.82) is 0 Å². The van der Waals surface area contributed by atoms with E-state index in [4.69, 9.17) is 0 Å². The highest BCUT2D eigenvalue weighted by Gasteiger charge is 2.26. The zero-order valence-corrected chi connectivity index (χ0v) is 16.5. The smallest absolute Gasteiger partial charge is 0.270 e. The fourth-order valence-corrected chi connectivity index (χ4v) is 4.03. The van der Waals surface area contributed by atoms with Gasteiger partial charge in [-0.3, -0.25) is 9.69 Å². The highest BCUT2D eigenvalue weighted by atomic mass is 16.2. The number of aromatic nitrogens is 3. The van der Waals surface area contributed by atoms with Crippen molar-refractivity contribution in [2.24, 2.45) is 7.05 Å². The number of benzene rings is 1. The number of fused-ring (bicyclic) bond motifs is 1. The second-order valence-electron chi connectivity index (χ2n) is 7.60. The van der Waals surface area contributed by atoms with E-state index in [0.29, 0.717) is 0 Å². The molecular weight excluding hydrogens is 338 g/mol. The number of H-pyrrole nitrogens is 1. The Morgan fingerprint density at radius 1 is 1.11 bits per heavy atom. The molecule has 2 aromatic heterocycles. The first kappa shape index (κ1) is 17.8. The van der Waals surface area contributed by atoms with Crippen LogP contribution in [0.3, 0.4) is 0 Å². The zero-order chi connectivity index (χ0) is 19.1. The number of hydrogen-bond donors (Lipinski definition) is 1. The molecule has 0 bridgehead atoms. The van der Waals surface area contributed by atoms with Crippen LogP contribution in [-0.4, -0.2) is 56.4 Å². The summed E-state index contributed by atoms with van der Waals surface area (Å²) in [5.74, 6) is 1.17. The summed E-state index contributed by atoms with van der Waals surface area (Å²) in [6.45, 7) is 10.3. The molecule has 4 rings (SSSR count). The average molecular weight is 365 g/mol. The van der Waals surface area contributed by atoms with Crippen LogP contribution in [0.5, 0.6) is 0 Å². The highest BCUT2D eigenvalue weighted by Crippen LogP contribution is 2.28. The number of carbonyl (C=O) groups excluding carboxylic acids is 1. The molecule has 6 nitrogen and oxygen atoms in total. The largest absolute Gasteiger partial charge is 0.350 e. The number of piperazine rings is 1. The van der Waals surface area contributed by atoms with Crippen LogP contribution >= 0.6 is 0 Å². The quantitative estimate of drug-likeness (QED) is 0.776. The first-order valence-corrected chi connectivity index (χ1v) is 9.52. The first-order valence-electron chi connectivity index (χ1n) is 9.52. The molecular formula is C21H27N5O. The van der Waals surface area contributed by atoms with Crippen LogP contribution in [0.2, 0.25) is 0 Å². The molecule has 3 heterocycles.